The molecule has 0 aliphatic rings. The molecule has 0 fully saturated rings. The van der Waals surface area contributed by atoms with Crippen LogP contribution in [0.2, 0.25) is 0 Å². The van der Waals surface area contributed by atoms with Crippen molar-refractivity contribution in [3.63, 3.8) is 0 Å². The Balaban J connectivity index is 1.63. The van der Waals surface area contributed by atoms with Gasteiger partial charge in [-0.05, 0) is 0 Å². The Hall–Kier alpha value is -3.95. The molecule has 0 bridgehead atoms. The zero-order chi connectivity index (χ0) is 22.4. The second-order valence-electron chi connectivity index (χ2n) is 6.55. The van der Waals surface area contributed by atoms with Gasteiger partial charge in [-0.3, -0.25) is 4.57 Å². The van der Waals surface area contributed by atoms with Gasteiger partial charge >= 0.3 is 11.7 Å². The molecule has 31 heavy (non-hydrogen) atoms. The van der Waals surface area contributed by atoms with Crippen molar-refractivity contribution in [2.45, 2.75) is 6.54 Å². The third kappa shape index (κ3) is 4.80. The number of hydrogen-bond donors (Lipinski definition) is 2. The molecule has 0 atom stereocenters. The van der Waals surface area contributed by atoms with E-state index in [1.165, 1.54) is 30.6 Å². The van der Waals surface area contributed by atoms with E-state index in [1.807, 2.05) is 30.3 Å². The van der Waals surface area contributed by atoms with Crippen LogP contribution < -0.4 is 30.5 Å². The van der Waals surface area contributed by atoms with Crippen LogP contribution in [0, 0.1) is 0 Å². The van der Waals surface area contributed by atoms with E-state index in [0.717, 1.165) is 5.56 Å². The highest BCUT2D eigenvalue weighted by Crippen LogP contribution is 2.39. The number of aromatic nitrogens is 3. The first kappa shape index (κ1) is 21.8. The molecule has 1 heterocycles. The van der Waals surface area contributed by atoms with Gasteiger partial charge in [0.2, 0.25) is 5.75 Å². The molecule has 3 aromatic rings. The number of carbonyl (C=O) groups excluding carboxylic acids is 1. The van der Waals surface area contributed by atoms with Gasteiger partial charge in [-0.1, -0.05) is 30.3 Å². The number of benzene rings is 2. The molecular weight excluding hydrogens is 402 g/mol. The normalized spacial score (nSPS) is 10.5. The SMILES string of the molecule is COc1cc(NC(=O)NCCn2nc(-c3ccccc3)n(C)c2=O)cc(OC)c1OC. The van der Waals surface area contributed by atoms with Crippen LogP contribution in [0.25, 0.3) is 11.4 Å². The highest BCUT2D eigenvalue weighted by molar-refractivity contribution is 5.90. The Morgan fingerprint density at radius 3 is 2.26 bits per heavy atom. The van der Waals surface area contributed by atoms with Crippen LogP contribution in [0.1, 0.15) is 0 Å². The van der Waals surface area contributed by atoms with E-state index in [0.29, 0.717) is 28.8 Å². The average molecular weight is 427 g/mol. The van der Waals surface area contributed by atoms with Gasteiger partial charge in [0.05, 0.1) is 33.6 Å². The van der Waals surface area contributed by atoms with Crippen LogP contribution in [0.5, 0.6) is 17.2 Å². The van der Waals surface area contributed by atoms with E-state index in [-0.39, 0.29) is 18.8 Å². The molecule has 0 spiro atoms. The molecule has 10 nitrogen and oxygen atoms in total. The van der Waals surface area contributed by atoms with Gasteiger partial charge in [0, 0.05) is 31.3 Å². The minimum absolute atomic E-state index is 0.210. The predicted octanol–water partition coefficient (Wildman–Crippen LogP) is 2.10. The molecule has 0 aliphatic carbocycles. The van der Waals surface area contributed by atoms with Crippen molar-refractivity contribution >= 4 is 11.7 Å². The molecule has 2 aromatic carbocycles. The maximum Gasteiger partial charge on any atom is 0.345 e. The van der Waals surface area contributed by atoms with Crippen LogP contribution in [-0.2, 0) is 13.6 Å². The van der Waals surface area contributed by atoms with Gasteiger partial charge in [-0.2, -0.15) is 0 Å². The monoisotopic (exact) mass is 427 g/mol. The molecule has 1 aromatic heterocycles. The number of urea groups is 1. The third-order valence-corrected chi connectivity index (χ3v) is 4.60. The average Bonchev–Trinajstić information content (AvgIpc) is 3.07. The smallest absolute Gasteiger partial charge is 0.345 e. The van der Waals surface area contributed by atoms with Crippen LogP contribution in [0.15, 0.2) is 47.3 Å². The quantitative estimate of drug-likeness (QED) is 0.570. The van der Waals surface area contributed by atoms with Crippen LogP contribution in [0.3, 0.4) is 0 Å². The highest BCUT2D eigenvalue weighted by atomic mass is 16.5. The molecule has 2 amide bonds. The summed E-state index contributed by atoms with van der Waals surface area (Å²) in [5.41, 5.74) is 1.05. The second-order valence-corrected chi connectivity index (χ2v) is 6.55. The van der Waals surface area contributed by atoms with Gasteiger partial charge < -0.3 is 24.8 Å². The van der Waals surface area contributed by atoms with Crippen molar-refractivity contribution in [3.8, 4) is 28.6 Å². The van der Waals surface area contributed by atoms with E-state index < -0.39 is 6.03 Å². The van der Waals surface area contributed by atoms with Gasteiger partial charge in [-0.25, -0.2) is 14.3 Å². The van der Waals surface area contributed by atoms with Crippen molar-refractivity contribution in [1.29, 1.82) is 0 Å². The van der Waals surface area contributed by atoms with Crippen molar-refractivity contribution in [2.75, 3.05) is 33.2 Å². The molecule has 164 valence electrons. The molecule has 2 N–H and O–H groups in total. The fourth-order valence-electron chi connectivity index (χ4n) is 3.08. The van der Waals surface area contributed by atoms with Gasteiger partial charge in [0.1, 0.15) is 0 Å². The zero-order valence-electron chi connectivity index (χ0n) is 17.8. The number of carbonyl (C=O) groups is 1. The first-order valence-corrected chi connectivity index (χ1v) is 9.52. The van der Waals surface area contributed by atoms with E-state index in [1.54, 1.807) is 19.2 Å². The predicted molar refractivity (Wildman–Crippen MR) is 116 cm³/mol. The lowest BCUT2D eigenvalue weighted by atomic mass is 10.2. The molecule has 0 saturated heterocycles. The van der Waals surface area contributed by atoms with Gasteiger partial charge in [0.15, 0.2) is 17.3 Å². The van der Waals surface area contributed by atoms with Crippen molar-refractivity contribution in [2.24, 2.45) is 7.05 Å². The number of ether oxygens (including phenoxy) is 3. The Labute approximate surface area is 179 Å². The summed E-state index contributed by atoms with van der Waals surface area (Å²) in [7, 11) is 6.16. The van der Waals surface area contributed by atoms with E-state index in [9.17, 15) is 9.59 Å². The fraction of sp³-hybridized carbons (Fsp3) is 0.286. The fourth-order valence-corrected chi connectivity index (χ4v) is 3.08. The second kappa shape index (κ2) is 9.70. The maximum atomic E-state index is 12.4. The van der Waals surface area contributed by atoms with Crippen LogP contribution in [0.4, 0.5) is 10.5 Å². The largest absolute Gasteiger partial charge is 0.493 e. The summed E-state index contributed by atoms with van der Waals surface area (Å²) in [5, 5.41) is 9.79. The summed E-state index contributed by atoms with van der Waals surface area (Å²) in [4.78, 5) is 24.7. The minimum Gasteiger partial charge on any atom is -0.493 e. The van der Waals surface area contributed by atoms with Gasteiger partial charge in [-0.15, -0.1) is 5.10 Å². The third-order valence-electron chi connectivity index (χ3n) is 4.60. The zero-order valence-corrected chi connectivity index (χ0v) is 17.8. The van der Waals surface area contributed by atoms with Crippen molar-refractivity contribution in [3.05, 3.63) is 52.9 Å². The summed E-state index contributed by atoms with van der Waals surface area (Å²) in [6.07, 6.45) is 0. The number of rotatable bonds is 8. The lowest BCUT2D eigenvalue weighted by Crippen LogP contribution is -2.34. The van der Waals surface area contributed by atoms with Crippen molar-refractivity contribution < 1.29 is 19.0 Å². The number of anilines is 1. The Kier molecular flexibility index (Phi) is 6.81. The number of nitrogens with one attached hydrogen (secondary N) is 2. The minimum atomic E-state index is -0.443. The maximum absolute atomic E-state index is 12.4. The lowest BCUT2D eigenvalue weighted by molar-refractivity contribution is 0.251. The first-order valence-electron chi connectivity index (χ1n) is 9.52. The summed E-state index contributed by atoms with van der Waals surface area (Å²) >= 11 is 0. The molecule has 0 aliphatic heterocycles. The Morgan fingerprint density at radius 2 is 1.68 bits per heavy atom. The number of hydrogen-bond acceptors (Lipinski definition) is 6. The topological polar surface area (TPSA) is 109 Å². The lowest BCUT2D eigenvalue weighted by Gasteiger charge is -2.14. The summed E-state index contributed by atoms with van der Waals surface area (Å²) < 4.78 is 18.6. The molecular formula is C21H25N5O5. The number of methoxy groups -OCH3 is 3. The Bertz CT molecular complexity index is 1080. The van der Waals surface area contributed by atoms with Gasteiger partial charge in [0.25, 0.3) is 0 Å². The van der Waals surface area contributed by atoms with E-state index in [4.69, 9.17) is 14.2 Å². The Morgan fingerprint density at radius 1 is 1.03 bits per heavy atom. The van der Waals surface area contributed by atoms with Crippen LogP contribution in [-0.4, -0.2) is 48.3 Å². The standard InChI is InChI=1S/C21H25N5O5/c1-25-19(14-8-6-5-7-9-14)24-26(21(25)28)11-10-22-20(27)23-15-12-16(29-2)18(31-4)17(13-15)30-3/h5-9,12-13H,10-11H2,1-4H3,(H2,22,23,27). The van der Waals surface area contributed by atoms with E-state index in [2.05, 4.69) is 15.7 Å². The number of nitrogens with zero attached hydrogens (tertiary/aromatic N) is 3. The summed E-state index contributed by atoms with van der Waals surface area (Å²) in [6.45, 7) is 0.434. The number of amides is 2. The van der Waals surface area contributed by atoms with E-state index >= 15 is 0 Å². The molecule has 0 unspecified atom stereocenters. The summed E-state index contributed by atoms with van der Waals surface area (Å²) in [5.74, 6) is 1.84. The highest BCUT2D eigenvalue weighted by Gasteiger charge is 2.15. The molecule has 10 heteroatoms. The molecule has 0 radical (unpaired) electrons. The van der Waals surface area contributed by atoms with Crippen molar-refractivity contribution in [1.82, 2.24) is 19.7 Å². The molecule has 0 saturated carbocycles. The molecule has 3 rings (SSSR count). The first-order chi connectivity index (χ1) is 15.0. The summed E-state index contributed by atoms with van der Waals surface area (Å²) in [6, 6.07) is 12.2. The van der Waals surface area contributed by atoms with Crippen LogP contribution >= 0.6 is 0 Å².